The average molecular weight is 453 g/mol. The van der Waals surface area contributed by atoms with Crippen molar-refractivity contribution in [1.82, 2.24) is 29.8 Å². The van der Waals surface area contributed by atoms with Crippen LogP contribution in [-0.2, 0) is 0 Å². The second kappa shape index (κ2) is 8.37. The molecule has 0 saturated carbocycles. The first kappa shape index (κ1) is 22.5. The van der Waals surface area contributed by atoms with Crippen LogP contribution in [0.1, 0.15) is 58.8 Å². The number of thiazole rings is 1. The van der Waals surface area contributed by atoms with E-state index in [0.717, 1.165) is 45.9 Å². The lowest BCUT2D eigenvalue weighted by Gasteiger charge is -2.48. The first-order valence-electron chi connectivity index (χ1n) is 10.9. The summed E-state index contributed by atoms with van der Waals surface area (Å²) in [6.45, 7) is 13.1. The Kier molecular flexibility index (Phi) is 5.89. The molecule has 3 aromatic rings. The molecule has 0 aliphatic carbocycles. The van der Waals surface area contributed by atoms with Crippen LogP contribution in [0.4, 0.5) is 10.1 Å². The van der Waals surface area contributed by atoms with Crippen LogP contribution in [0, 0.1) is 6.92 Å². The number of hydrogen-bond donors (Lipinski definition) is 1. The molecule has 1 N–H and O–H groups in total. The molecule has 0 atom stereocenters. The number of nitrogens with zero attached hydrogens (tertiary/aromatic N) is 7. The number of hydrogen-bond acceptors (Lipinski definition) is 8. The summed E-state index contributed by atoms with van der Waals surface area (Å²) in [6.07, 6.45) is 10.9. The van der Waals surface area contributed by atoms with Crippen molar-refractivity contribution in [3.05, 3.63) is 42.5 Å². The van der Waals surface area contributed by atoms with E-state index >= 15 is 0 Å². The molecule has 1 aliphatic heterocycles. The van der Waals surface area contributed by atoms with E-state index in [9.17, 15) is 0 Å². The molecule has 170 valence electrons. The van der Waals surface area contributed by atoms with E-state index in [1.807, 2.05) is 24.6 Å². The van der Waals surface area contributed by atoms with Gasteiger partial charge in [0.2, 0.25) is 0 Å². The Labute approximate surface area is 193 Å². The number of aliphatic imine (C=N–C) groups is 1. The van der Waals surface area contributed by atoms with Gasteiger partial charge in [0.15, 0.2) is 10.9 Å². The van der Waals surface area contributed by atoms with Crippen LogP contribution in [0.25, 0.3) is 5.82 Å². The number of anilines is 1. The Morgan fingerprint density at radius 3 is 2.50 bits per heavy atom. The molecule has 8 nitrogen and oxygen atoms in total. The largest absolute Gasteiger partial charge is 0.348 e. The van der Waals surface area contributed by atoms with E-state index in [4.69, 9.17) is 9.98 Å². The van der Waals surface area contributed by atoms with Gasteiger partial charge in [-0.25, -0.2) is 24.9 Å². The molecule has 4 heterocycles. The predicted molar refractivity (Wildman–Crippen MR) is 131 cm³/mol. The molecular weight excluding hydrogens is 420 g/mol. The summed E-state index contributed by atoms with van der Waals surface area (Å²) in [5.74, 6) is 0.727. The van der Waals surface area contributed by atoms with Gasteiger partial charge in [0.05, 0.1) is 23.8 Å². The van der Waals surface area contributed by atoms with E-state index in [0.29, 0.717) is 6.04 Å². The summed E-state index contributed by atoms with van der Waals surface area (Å²) >= 11 is 1.63. The Bertz CT molecular complexity index is 1080. The molecule has 9 heteroatoms. The Balaban J connectivity index is 1.53. The highest BCUT2D eigenvalue weighted by Gasteiger charge is 2.39. The summed E-state index contributed by atoms with van der Waals surface area (Å²) in [5, 5.41) is 5.68. The lowest BCUT2D eigenvalue weighted by Crippen LogP contribution is -2.61. The molecule has 0 radical (unpaired) electrons. The van der Waals surface area contributed by atoms with Gasteiger partial charge in [-0.1, -0.05) is 11.3 Å². The van der Waals surface area contributed by atoms with E-state index in [-0.39, 0.29) is 11.1 Å². The quantitative estimate of drug-likeness (QED) is 0.581. The van der Waals surface area contributed by atoms with Crippen molar-refractivity contribution in [2.45, 2.75) is 71.5 Å². The summed E-state index contributed by atoms with van der Waals surface area (Å²) in [7, 11) is 2.15. The smallest absolute Gasteiger partial charge is 0.187 e. The van der Waals surface area contributed by atoms with Crippen LogP contribution in [0.15, 0.2) is 36.1 Å². The first-order chi connectivity index (χ1) is 15.0. The molecule has 4 rings (SSSR count). The highest BCUT2D eigenvalue weighted by Crippen LogP contribution is 2.38. The molecule has 0 unspecified atom stereocenters. The van der Waals surface area contributed by atoms with E-state index in [2.05, 4.69) is 59.9 Å². The maximum absolute atomic E-state index is 4.85. The Morgan fingerprint density at radius 1 is 1.19 bits per heavy atom. The SMILES string of the molecule is C/C(=N\c1sc(N(C)C2CC(C)(C)NC(C)(C)C2)nc1C)c1cnc(-n2ccnc2)cn1. The number of rotatable bonds is 5. The molecule has 1 aliphatic rings. The zero-order valence-electron chi connectivity index (χ0n) is 19.9. The molecular formula is C23H32N8S. The fraction of sp³-hybridized carbons (Fsp3) is 0.522. The van der Waals surface area contributed by atoms with Crippen molar-refractivity contribution in [3.8, 4) is 5.82 Å². The highest BCUT2D eigenvalue weighted by molar-refractivity contribution is 7.19. The van der Waals surface area contributed by atoms with Crippen LogP contribution < -0.4 is 10.2 Å². The summed E-state index contributed by atoms with van der Waals surface area (Å²) in [6, 6.07) is 0.423. The third-order valence-corrected chi connectivity index (χ3v) is 6.97. The van der Waals surface area contributed by atoms with Gasteiger partial charge in [0.25, 0.3) is 0 Å². The standard InChI is InChI=1S/C23H32N8S/c1-15(18-12-26-19(13-25-18)31-9-8-24-14-31)27-20-16(2)28-21(32-20)30(7)17-10-22(3,4)29-23(5,6)11-17/h8-9,12-14,17,29H,10-11H2,1-7H3/b27-15+. The van der Waals surface area contributed by atoms with Gasteiger partial charge in [-0.15, -0.1) is 0 Å². The molecule has 0 spiro atoms. The fourth-order valence-electron chi connectivity index (χ4n) is 4.57. The van der Waals surface area contributed by atoms with Crippen LogP contribution in [-0.4, -0.2) is 54.4 Å². The average Bonchev–Trinajstić information content (AvgIpc) is 3.36. The van der Waals surface area contributed by atoms with Crippen LogP contribution in [0.5, 0.6) is 0 Å². The van der Waals surface area contributed by atoms with E-state index in [1.165, 1.54) is 0 Å². The van der Waals surface area contributed by atoms with E-state index < -0.39 is 0 Å². The minimum Gasteiger partial charge on any atom is -0.348 e. The minimum atomic E-state index is 0.0894. The third-order valence-electron chi connectivity index (χ3n) is 5.83. The van der Waals surface area contributed by atoms with Crippen molar-refractivity contribution in [2.75, 3.05) is 11.9 Å². The molecule has 1 fully saturated rings. The normalized spacial score (nSPS) is 18.7. The number of aryl methyl sites for hydroxylation is 1. The first-order valence-corrected chi connectivity index (χ1v) is 11.7. The number of imidazole rings is 1. The molecule has 0 amide bonds. The second-order valence-corrected chi connectivity index (χ2v) is 10.8. The number of piperidine rings is 1. The number of nitrogens with one attached hydrogen (secondary N) is 1. The molecule has 1 saturated heterocycles. The van der Waals surface area contributed by atoms with Gasteiger partial charge in [-0.2, -0.15) is 0 Å². The minimum absolute atomic E-state index is 0.0894. The highest BCUT2D eigenvalue weighted by atomic mass is 32.1. The maximum Gasteiger partial charge on any atom is 0.187 e. The van der Waals surface area contributed by atoms with Crippen molar-refractivity contribution in [3.63, 3.8) is 0 Å². The van der Waals surface area contributed by atoms with Crippen molar-refractivity contribution >= 4 is 27.2 Å². The molecule has 0 bridgehead atoms. The van der Waals surface area contributed by atoms with Crippen molar-refractivity contribution in [2.24, 2.45) is 4.99 Å². The monoisotopic (exact) mass is 452 g/mol. The van der Waals surface area contributed by atoms with Gasteiger partial charge in [0, 0.05) is 36.6 Å². The van der Waals surface area contributed by atoms with Crippen molar-refractivity contribution < 1.29 is 0 Å². The molecule has 3 aromatic heterocycles. The van der Waals surface area contributed by atoms with Crippen LogP contribution >= 0.6 is 11.3 Å². The zero-order valence-corrected chi connectivity index (χ0v) is 20.7. The topological polar surface area (TPSA) is 84.1 Å². The number of aromatic nitrogens is 5. The summed E-state index contributed by atoms with van der Waals surface area (Å²) in [5.41, 5.74) is 2.68. The Morgan fingerprint density at radius 2 is 1.91 bits per heavy atom. The second-order valence-electron chi connectivity index (χ2n) is 9.88. The maximum atomic E-state index is 4.85. The van der Waals surface area contributed by atoms with Gasteiger partial charge in [-0.3, -0.25) is 4.57 Å². The summed E-state index contributed by atoms with van der Waals surface area (Å²) < 4.78 is 1.82. The lowest BCUT2D eigenvalue weighted by atomic mass is 9.79. The lowest BCUT2D eigenvalue weighted by molar-refractivity contribution is 0.161. The van der Waals surface area contributed by atoms with Crippen molar-refractivity contribution in [1.29, 1.82) is 0 Å². The molecule has 32 heavy (non-hydrogen) atoms. The summed E-state index contributed by atoms with van der Waals surface area (Å²) in [4.78, 5) is 25.1. The Hall–Kier alpha value is -2.65. The van der Waals surface area contributed by atoms with E-state index in [1.54, 1.807) is 36.3 Å². The molecule has 0 aromatic carbocycles. The van der Waals surface area contributed by atoms with Gasteiger partial charge in [-0.05, 0) is 54.4 Å². The van der Waals surface area contributed by atoms with Gasteiger partial charge in [0.1, 0.15) is 17.0 Å². The van der Waals surface area contributed by atoms with Crippen LogP contribution in [0.2, 0.25) is 0 Å². The third kappa shape index (κ3) is 4.88. The van der Waals surface area contributed by atoms with Gasteiger partial charge < -0.3 is 10.2 Å². The van der Waals surface area contributed by atoms with Gasteiger partial charge >= 0.3 is 0 Å². The fourth-order valence-corrected chi connectivity index (χ4v) is 5.60. The zero-order chi connectivity index (χ0) is 23.1. The van der Waals surface area contributed by atoms with Crippen LogP contribution in [0.3, 0.4) is 0 Å². The predicted octanol–water partition coefficient (Wildman–Crippen LogP) is 4.31.